The topological polar surface area (TPSA) is 13.1 Å². The van der Waals surface area contributed by atoms with E-state index in [1.54, 1.807) is 6.26 Å². The molecule has 0 unspecified atom stereocenters. The molecule has 0 atom stereocenters. The molecule has 0 saturated carbocycles. The van der Waals surface area contributed by atoms with E-state index in [0.29, 0.717) is 0 Å². The zero-order valence-corrected chi connectivity index (χ0v) is 7.50. The van der Waals surface area contributed by atoms with Gasteiger partial charge in [-0.05, 0) is 24.6 Å². The van der Waals surface area contributed by atoms with Crippen LogP contribution in [0, 0.1) is 0 Å². The van der Waals surface area contributed by atoms with Crippen molar-refractivity contribution in [3.8, 4) is 0 Å². The monoisotopic (exact) mass is 152 g/mol. The third-order valence-electron chi connectivity index (χ3n) is 1.06. The van der Waals surface area contributed by atoms with Crippen LogP contribution in [0.3, 0.4) is 0 Å². The van der Waals surface area contributed by atoms with E-state index < -0.39 is 0 Å². The summed E-state index contributed by atoms with van der Waals surface area (Å²) in [5.41, 5.74) is 0. The molecule has 0 spiro atoms. The highest BCUT2D eigenvalue weighted by Crippen LogP contribution is 2.02. The summed E-state index contributed by atoms with van der Waals surface area (Å²) < 4.78 is 5.05. The van der Waals surface area contributed by atoms with Gasteiger partial charge in [-0.3, -0.25) is 0 Å². The number of hydrogen-bond acceptors (Lipinski definition) is 1. The van der Waals surface area contributed by atoms with Gasteiger partial charge in [-0.2, -0.15) is 0 Å². The van der Waals surface area contributed by atoms with E-state index in [4.69, 9.17) is 4.42 Å². The molecular weight excluding hydrogens is 136 g/mol. The molecule has 1 aromatic rings. The van der Waals surface area contributed by atoms with Gasteiger partial charge in [0.15, 0.2) is 0 Å². The summed E-state index contributed by atoms with van der Waals surface area (Å²) in [5.74, 6) is 0.928. The van der Waals surface area contributed by atoms with Crippen LogP contribution in [-0.2, 0) is 0 Å². The maximum atomic E-state index is 5.05. The molecule has 0 bridgehead atoms. The Hall–Kier alpha value is -0.980. The predicted octanol–water partition coefficient (Wildman–Crippen LogP) is 3.73. The van der Waals surface area contributed by atoms with E-state index >= 15 is 0 Å². The van der Waals surface area contributed by atoms with Crippen LogP contribution in [0.5, 0.6) is 0 Å². The first kappa shape index (κ1) is 10.0. The summed E-state index contributed by atoms with van der Waals surface area (Å²) in [5, 5.41) is 0. The van der Waals surface area contributed by atoms with Gasteiger partial charge in [0.05, 0.1) is 6.26 Å². The summed E-state index contributed by atoms with van der Waals surface area (Å²) in [6.45, 7) is 6.10. The van der Waals surface area contributed by atoms with Crippen LogP contribution in [0.15, 0.2) is 28.9 Å². The lowest BCUT2D eigenvalue weighted by molar-refractivity contribution is 0.557. The van der Waals surface area contributed by atoms with E-state index in [1.807, 2.05) is 32.1 Å². The Morgan fingerprint density at radius 1 is 1.45 bits per heavy atom. The molecule has 1 nitrogen and oxygen atoms in total. The van der Waals surface area contributed by atoms with Crippen LogP contribution >= 0.6 is 0 Å². The minimum atomic E-state index is 0.928. The predicted molar refractivity (Wildman–Crippen MR) is 49.4 cm³/mol. The third-order valence-corrected chi connectivity index (χ3v) is 1.06. The van der Waals surface area contributed by atoms with E-state index in [9.17, 15) is 0 Å². The maximum Gasteiger partial charge on any atom is 0.126 e. The van der Waals surface area contributed by atoms with Gasteiger partial charge in [-0.15, -0.1) is 0 Å². The highest BCUT2D eigenvalue weighted by molar-refractivity contribution is 5.41. The summed E-state index contributed by atoms with van der Waals surface area (Å²) in [6.07, 6.45) is 6.77. The number of allylic oxidation sites excluding steroid dienone is 1. The van der Waals surface area contributed by atoms with Gasteiger partial charge in [-0.25, -0.2) is 0 Å². The summed E-state index contributed by atoms with van der Waals surface area (Å²) in [6, 6.07) is 3.82. The van der Waals surface area contributed by atoms with Gasteiger partial charge >= 0.3 is 0 Å². The molecule has 1 aromatic heterocycles. The Labute approximate surface area is 68.7 Å². The first-order valence-electron chi connectivity index (χ1n) is 4.13. The first-order chi connectivity index (χ1) is 5.43. The molecule has 1 rings (SSSR count). The Morgan fingerprint density at radius 2 is 2.18 bits per heavy atom. The van der Waals surface area contributed by atoms with Gasteiger partial charge in [0.25, 0.3) is 0 Å². The quantitative estimate of drug-likeness (QED) is 0.629. The van der Waals surface area contributed by atoms with Crippen molar-refractivity contribution in [2.45, 2.75) is 27.2 Å². The van der Waals surface area contributed by atoms with Crippen molar-refractivity contribution in [3.63, 3.8) is 0 Å². The van der Waals surface area contributed by atoms with Crippen molar-refractivity contribution >= 4 is 6.08 Å². The second-order valence-electron chi connectivity index (χ2n) is 1.83. The third kappa shape index (κ3) is 4.43. The zero-order chi connectivity index (χ0) is 8.53. The normalized spacial score (nSPS) is 9.36. The van der Waals surface area contributed by atoms with Gasteiger partial charge in [0, 0.05) is 0 Å². The summed E-state index contributed by atoms with van der Waals surface area (Å²) in [4.78, 5) is 0. The molecule has 0 amide bonds. The molecule has 0 fully saturated rings. The van der Waals surface area contributed by atoms with Gasteiger partial charge in [0.1, 0.15) is 5.76 Å². The minimum Gasteiger partial charge on any atom is -0.465 e. The average Bonchev–Trinajstić information content (AvgIpc) is 2.57. The van der Waals surface area contributed by atoms with Crippen molar-refractivity contribution in [1.29, 1.82) is 0 Å². The van der Waals surface area contributed by atoms with E-state index in [0.717, 1.165) is 12.2 Å². The van der Waals surface area contributed by atoms with Gasteiger partial charge in [0.2, 0.25) is 0 Å². The summed E-state index contributed by atoms with van der Waals surface area (Å²) in [7, 11) is 0. The number of hydrogen-bond donors (Lipinski definition) is 0. The second kappa shape index (κ2) is 7.13. The first-order valence-corrected chi connectivity index (χ1v) is 4.13. The molecule has 62 valence electrons. The molecule has 1 heterocycles. The lowest BCUT2D eigenvalue weighted by Gasteiger charge is -1.79. The maximum absolute atomic E-state index is 5.05. The Kier molecular flexibility index (Phi) is 6.50. The largest absolute Gasteiger partial charge is 0.465 e. The fourth-order valence-electron chi connectivity index (χ4n) is 0.620. The lowest BCUT2D eigenvalue weighted by atomic mass is 10.3. The molecule has 0 aromatic carbocycles. The average molecular weight is 152 g/mol. The van der Waals surface area contributed by atoms with Crippen LogP contribution < -0.4 is 0 Å². The number of furan rings is 1. The molecule has 0 aliphatic carbocycles. The van der Waals surface area contributed by atoms with Crippen LogP contribution in [0.25, 0.3) is 6.08 Å². The molecule has 11 heavy (non-hydrogen) atoms. The number of rotatable bonds is 2. The smallest absolute Gasteiger partial charge is 0.126 e. The molecule has 0 saturated heterocycles. The fraction of sp³-hybridized carbons (Fsp3) is 0.400. The van der Waals surface area contributed by atoms with Crippen molar-refractivity contribution in [2.24, 2.45) is 0 Å². The van der Waals surface area contributed by atoms with Crippen LogP contribution in [0.2, 0.25) is 0 Å². The summed E-state index contributed by atoms with van der Waals surface area (Å²) >= 11 is 0. The van der Waals surface area contributed by atoms with Crippen molar-refractivity contribution < 1.29 is 4.42 Å². The van der Waals surface area contributed by atoms with Crippen LogP contribution in [0.1, 0.15) is 33.0 Å². The molecule has 0 aliphatic rings. The van der Waals surface area contributed by atoms with Gasteiger partial charge < -0.3 is 4.42 Å². The SMILES string of the molecule is CC.CC/C=C/c1ccco1. The highest BCUT2D eigenvalue weighted by Gasteiger charge is 1.83. The molecular formula is C10H16O. The Morgan fingerprint density at radius 3 is 2.64 bits per heavy atom. The van der Waals surface area contributed by atoms with E-state index in [1.165, 1.54) is 0 Å². The van der Waals surface area contributed by atoms with Crippen molar-refractivity contribution in [2.75, 3.05) is 0 Å². The van der Waals surface area contributed by atoms with Crippen molar-refractivity contribution in [1.82, 2.24) is 0 Å². The molecule has 0 aliphatic heterocycles. The standard InChI is InChI=1S/C8H10O.C2H6/c1-2-3-5-8-6-4-7-9-8;1-2/h3-7H,2H2,1H3;1-2H3/b5-3+;. The highest BCUT2D eigenvalue weighted by atomic mass is 16.3. The molecule has 0 radical (unpaired) electrons. The van der Waals surface area contributed by atoms with Crippen LogP contribution in [0.4, 0.5) is 0 Å². The van der Waals surface area contributed by atoms with Crippen LogP contribution in [-0.4, -0.2) is 0 Å². The second-order valence-corrected chi connectivity index (χ2v) is 1.83. The van der Waals surface area contributed by atoms with Crippen molar-refractivity contribution in [3.05, 3.63) is 30.2 Å². The lowest BCUT2D eigenvalue weighted by Crippen LogP contribution is -1.57. The van der Waals surface area contributed by atoms with E-state index in [-0.39, 0.29) is 0 Å². The molecule has 1 heteroatoms. The van der Waals surface area contributed by atoms with Gasteiger partial charge in [-0.1, -0.05) is 26.8 Å². The zero-order valence-electron chi connectivity index (χ0n) is 7.50. The minimum absolute atomic E-state index is 0.928. The Bertz CT molecular complexity index is 173. The van der Waals surface area contributed by atoms with E-state index in [2.05, 4.69) is 13.0 Å². The molecule has 0 N–H and O–H groups in total. The Balaban J connectivity index is 0.000000461. The fourth-order valence-corrected chi connectivity index (χ4v) is 0.620.